The number of benzene rings is 1. The third-order valence-corrected chi connectivity index (χ3v) is 3.34. The van der Waals surface area contributed by atoms with E-state index in [-0.39, 0.29) is 11.4 Å². The molecule has 1 saturated carbocycles. The monoisotopic (exact) mass is 193 g/mol. The molecule has 14 heavy (non-hydrogen) atoms. The Morgan fingerprint density at radius 1 is 1.57 bits per heavy atom. The fourth-order valence-corrected chi connectivity index (χ4v) is 2.15. The minimum atomic E-state index is -0.173. The van der Waals surface area contributed by atoms with E-state index in [1.54, 1.807) is 6.92 Å². The van der Waals surface area contributed by atoms with Crippen molar-refractivity contribution in [3.05, 3.63) is 35.1 Å². The molecule has 1 aromatic rings. The van der Waals surface area contributed by atoms with E-state index in [1.807, 2.05) is 12.1 Å². The first-order chi connectivity index (χ1) is 6.58. The molecule has 2 atom stereocenters. The maximum atomic E-state index is 13.0. The van der Waals surface area contributed by atoms with Crippen molar-refractivity contribution in [3.8, 4) is 0 Å². The molecular weight excluding hydrogens is 177 g/mol. The van der Waals surface area contributed by atoms with Crippen molar-refractivity contribution in [2.75, 3.05) is 0 Å². The summed E-state index contributed by atoms with van der Waals surface area (Å²) in [7, 11) is 0. The Bertz CT molecular complexity index is 361. The molecule has 0 amide bonds. The van der Waals surface area contributed by atoms with Gasteiger partial charge in [0.2, 0.25) is 0 Å². The molecule has 2 rings (SSSR count). The van der Waals surface area contributed by atoms with Crippen molar-refractivity contribution in [2.24, 2.45) is 11.7 Å². The summed E-state index contributed by atoms with van der Waals surface area (Å²) < 4.78 is 13.0. The molecule has 0 heterocycles. The molecule has 2 N–H and O–H groups in total. The second-order valence-electron chi connectivity index (χ2n) is 4.31. The number of hydrogen-bond donors (Lipinski definition) is 1. The lowest BCUT2D eigenvalue weighted by atomic mass is 10.00. The van der Waals surface area contributed by atoms with Gasteiger partial charge in [0.05, 0.1) is 0 Å². The third-order valence-electron chi connectivity index (χ3n) is 3.34. The molecule has 76 valence electrons. The van der Waals surface area contributed by atoms with Crippen LogP contribution in [0.2, 0.25) is 0 Å². The van der Waals surface area contributed by atoms with Crippen LogP contribution < -0.4 is 5.73 Å². The maximum absolute atomic E-state index is 13.0. The van der Waals surface area contributed by atoms with Crippen LogP contribution in [-0.2, 0) is 5.54 Å². The first-order valence-corrected chi connectivity index (χ1v) is 5.13. The summed E-state index contributed by atoms with van der Waals surface area (Å²) in [5.74, 6) is 0.429. The normalized spacial score (nSPS) is 30.4. The standard InChI is InChI=1S/C12H16FN/c1-3-9-7-12(9,14)10-4-5-11(13)8(2)6-10/h4-6,9H,3,7,14H2,1-2H3. The summed E-state index contributed by atoms with van der Waals surface area (Å²) in [5.41, 5.74) is 7.82. The number of nitrogens with two attached hydrogens (primary N) is 1. The lowest BCUT2D eigenvalue weighted by Crippen LogP contribution is -2.22. The van der Waals surface area contributed by atoms with Crippen LogP contribution in [0.4, 0.5) is 4.39 Å². The maximum Gasteiger partial charge on any atom is 0.126 e. The average Bonchev–Trinajstić information content (AvgIpc) is 2.83. The van der Waals surface area contributed by atoms with E-state index < -0.39 is 0 Å². The van der Waals surface area contributed by atoms with Crippen LogP contribution in [0.15, 0.2) is 18.2 Å². The summed E-state index contributed by atoms with van der Waals surface area (Å²) in [4.78, 5) is 0. The Morgan fingerprint density at radius 2 is 2.29 bits per heavy atom. The van der Waals surface area contributed by atoms with E-state index in [1.165, 1.54) is 6.07 Å². The first-order valence-electron chi connectivity index (χ1n) is 5.13. The highest BCUT2D eigenvalue weighted by atomic mass is 19.1. The second-order valence-corrected chi connectivity index (χ2v) is 4.31. The van der Waals surface area contributed by atoms with E-state index >= 15 is 0 Å². The van der Waals surface area contributed by atoms with Crippen molar-refractivity contribution in [2.45, 2.75) is 32.2 Å². The summed E-state index contributed by atoms with van der Waals surface area (Å²) >= 11 is 0. The summed E-state index contributed by atoms with van der Waals surface area (Å²) in [5, 5.41) is 0. The first kappa shape index (κ1) is 9.66. The van der Waals surface area contributed by atoms with Crippen LogP contribution in [0.25, 0.3) is 0 Å². The number of hydrogen-bond acceptors (Lipinski definition) is 1. The zero-order chi connectivity index (χ0) is 10.3. The van der Waals surface area contributed by atoms with Gasteiger partial charge in [-0.3, -0.25) is 0 Å². The number of aryl methyl sites for hydroxylation is 1. The van der Waals surface area contributed by atoms with Gasteiger partial charge in [0.15, 0.2) is 0 Å². The molecule has 0 saturated heterocycles. The van der Waals surface area contributed by atoms with Gasteiger partial charge in [0.1, 0.15) is 5.82 Å². The van der Waals surface area contributed by atoms with Gasteiger partial charge in [-0.25, -0.2) is 4.39 Å². The molecule has 0 aliphatic heterocycles. The third kappa shape index (κ3) is 1.34. The zero-order valence-electron chi connectivity index (χ0n) is 8.68. The van der Waals surface area contributed by atoms with Crippen LogP contribution in [0.5, 0.6) is 0 Å². The molecule has 1 aromatic carbocycles. The van der Waals surface area contributed by atoms with Crippen molar-refractivity contribution >= 4 is 0 Å². The largest absolute Gasteiger partial charge is 0.321 e. The van der Waals surface area contributed by atoms with Crippen LogP contribution in [0.1, 0.15) is 30.9 Å². The Labute approximate surface area is 84.1 Å². The second kappa shape index (κ2) is 3.06. The molecule has 1 nitrogen and oxygen atoms in total. The van der Waals surface area contributed by atoms with Gasteiger partial charge in [-0.05, 0) is 36.5 Å². The zero-order valence-corrected chi connectivity index (χ0v) is 8.68. The van der Waals surface area contributed by atoms with Gasteiger partial charge in [-0.1, -0.05) is 25.5 Å². The minimum absolute atomic E-state index is 0.147. The Morgan fingerprint density at radius 3 is 2.79 bits per heavy atom. The Kier molecular flexibility index (Phi) is 2.11. The Hall–Kier alpha value is -0.890. The summed E-state index contributed by atoms with van der Waals surface area (Å²) in [6.45, 7) is 3.93. The van der Waals surface area contributed by atoms with Crippen LogP contribution in [-0.4, -0.2) is 0 Å². The molecular formula is C12H16FN. The molecule has 1 aliphatic carbocycles. The van der Waals surface area contributed by atoms with Gasteiger partial charge in [0.25, 0.3) is 0 Å². The topological polar surface area (TPSA) is 26.0 Å². The van der Waals surface area contributed by atoms with Gasteiger partial charge >= 0.3 is 0 Å². The van der Waals surface area contributed by atoms with Crippen molar-refractivity contribution in [1.29, 1.82) is 0 Å². The molecule has 0 aromatic heterocycles. The highest BCUT2D eigenvalue weighted by Crippen LogP contribution is 2.51. The SMILES string of the molecule is CCC1CC1(N)c1ccc(F)c(C)c1. The van der Waals surface area contributed by atoms with Crippen LogP contribution in [0, 0.1) is 18.7 Å². The lowest BCUT2D eigenvalue weighted by molar-refractivity contribution is 0.598. The fraction of sp³-hybridized carbons (Fsp3) is 0.500. The molecule has 2 unspecified atom stereocenters. The van der Waals surface area contributed by atoms with E-state index in [4.69, 9.17) is 5.73 Å². The van der Waals surface area contributed by atoms with E-state index in [0.717, 1.165) is 18.4 Å². The van der Waals surface area contributed by atoms with Gasteiger partial charge in [0, 0.05) is 5.54 Å². The van der Waals surface area contributed by atoms with Crippen LogP contribution in [0.3, 0.4) is 0 Å². The molecule has 0 radical (unpaired) electrons. The molecule has 0 spiro atoms. The van der Waals surface area contributed by atoms with E-state index in [0.29, 0.717) is 11.5 Å². The number of rotatable bonds is 2. The molecule has 1 aliphatic rings. The number of halogens is 1. The van der Waals surface area contributed by atoms with Gasteiger partial charge < -0.3 is 5.73 Å². The minimum Gasteiger partial charge on any atom is -0.321 e. The van der Waals surface area contributed by atoms with Crippen LogP contribution >= 0.6 is 0 Å². The molecule has 0 bridgehead atoms. The lowest BCUT2D eigenvalue weighted by Gasteiger charge is -2.12. The van der Waals surface area contributed by atoms with Crippen molar-refractivity contribution in [3.63, 3.8) is 0 Å². The van der Waals surface area contributed by atoms with Crippen molar-refractivity contribution in [1.82, 2.24) is 0 Å². The highest BCUT2D eigenvalue weighted by Gasteiger charge is 2.50. The summed E-state index contributed by atoms with van der Waals surface area (Å²) in [6.07, 6.45) is 2.14. The smallest absolute Gasteiger partial charge is 0.126 e. The predicted octanol–water partition coefficient (Wildman–Crippen LogP) is 2.72. The van der Waals surface area contributed by atoms with E-state index in [9.17, 15) is 4.39 Å². The molecule has 2 heteroatoms. The van der Waals surface area contributed by atoms with Gasteiger partial charge in [-0.15, -0.1) is 0 Å². The quantitative estimate of drug-likeness (QED) is 0.767. The van der Waals surface area contributed by atoms with Gasteiger partial charge in [-0.2, -0.15) is 0 Å². The predicted molar refractivity (Wildman–Crippen MR) is 55.4 cm³/mol. The van der Waals surface area contributed by atoms with E-state index in [2.05, 4.69) is 6.92 Å². The highest BCUT2D eigenvalue weighted by molar-refractivity contribution is 5.35. The van der Waals surface area contributed by atoms with Crippen molar-refractivity contribution < 1.29 is 4.39 Å². The Balaban J connectivity index is 2.31. The summed E-state index contributed by atoms with van der Waals surface area (Å²) in [6, 6.07) is 5.22. The molecule has 1 fully saturated rings. The average molecular weight is 193 g/mol. The fourth-order valence-electron chi connectivity index (χ4n) is 2.15.